The maximum atomic E-state index is 12.8. The molecule has 1 aromatic rings. The molecule has 0 bridgehead atoms. The Bertz CT molecular complexity index is 532. The van der Waals surface area contributed by atoms with E-state index in [4.69, 9.17) is 5.73 Å². The number of hydrogen-bond acceptors (Lipinski definition) is 4. The number of hydrogen-bond donors (Lipinski definition) is 2. The summed E-state index contributed by atoms with van der Waals surface area (Å²) in [7, 11) is 0. The molecule has 1 saturated heterocycles. The van der Waals surface area contributed by atoms with Gasteiger partial charge in [0.25, 0.3) is 5.91 Å². The summed E-state index contributed by atoms with van der Waals surface area (Å²) in [5, 5.41) is 3.19. The number of aromatic nitrogens is 1. The summed E-state index contributed by atoms with van der Waals surface area (Å²) >= 11 is 0. The molecule has 1 amide bonds. The normalized spacial score (nSPS) is 18.8. The van der Waals surface area contributed by atoms with Gasteiger partial charge in [-0.1, -0.05) is 19.3 Å². The van der Waals surface area contributed by atoms with Crippen LogP contribution in [0.15, 0.2) is 18.3 Å². The van der Waals surface area contributed by atoms with Gasteiger partial charge in [0.2, 0.25) is 0 Å². The largest absolute Gasteiger partial charge is 0.356 e. The third-order valence-corrected chi connectivity index (χ3v) is 5.23. The summed E-state index contributed by atoms with van der Waals surface area (Å²) in [4.78, 5) is 19.5. The standard InChI is InChI=1S/C18H28N4O.2ClH/c19-13-16(14-7-2-1-3-8-14)21-18(23)15-9-6-10-20-17(15)22-11-4-5-12-22;;/h6,9-10,14,16H,1-5,7-8,11-13,19H2,(H,21,23);2*1H. The number of anilines is 1. The predicted octanol–water partition coefficient (Wildman–Crippen LogP) is 3.16. The first-order valence-corrected chi connectivity index (χ1v) is 9.00. The number of amides is 1. The van der Waals surface area contributed by atoms with Crippen LogP contribution < -0.4 is 16.0 Å². The smallest absolute Gasteiger partial charge is 0.255 e. The molecule has 0 spiro atoms. The third kappa shape index (κ3) is 5.47. The summed E-state index contributed by atoms with van der Waals surface area (Å²) in [6, 6.07) is 3.80. The minimum Gasteiger partial charge on any atom is -0.356 e. The van der Waals surface area contributed by atoms with Crippen LogP contribution >= 0.6 is 24.8 Å². The van der Waals surface area contributed by atoms with Crippen LogP contribution in [0.3, 0.4) is 0 Å². The van der Waals surface area contributed by atoms with Crippen molar-refractivity contribution in [3.05, 3.63) is 23.9 Å². The number of rotatable bonds is 5. The lowest BCUT2D eigenvalue weighted by Crippen LogP contribution is -2.46. The minimum absolute atomic E-state index is 0. The minimum atomic E-state index is -0.0268. The number of nitrogens with two attached hydrogens (primary N) is 1. The Balaban J connectivity index is 0.00000156. The van der Waals surface area contributed by atoms with Gasteiger partial charge in [-0.05, 0) is 43.7 Å². The maximum Gasteiger partial charge on any atom is 0.255 e. The van der Waals surface area contributed by atoms with Gasteiger partial charge in [0.15, 0.2) is 0 Å². The van der Waals surface area contributed by atoms with Crippen molar-refractivity contribution in [2.75, 3.05) is 24.5 Å². The van der Waals surface area contributed by atoms with Crippen LogP contribution in [0.2, 0.25) is 0 Å². The average Bonchev–Trinajstić information content (AvgIpc) is 3.14. The van der Waals surface area contributed by atoms with Gasteiger partial charge in [-0.2, -0.15) is 0 Å². The van der Waals surface area contributed by atoms with Crippen LogP contribution in [-0.2, 0) is 0 Å². The molecule has 1 unspecified atom stereocenters. The van der Waals surface area contributed by atoms with E-state index in [0.717, 1.165) is 18.9 Å². The first-order chi connectivity index (χ1) is 11.3. The highest BCUT2D eigenvalue weighted by Crippen LogP contribution is 2.27. The SMILES string of the molecule is Cl.Cl.NCC(NC(=O)c1cccnc1N1CCCC1)C1CCCCC1. The van der Waals surface area contributed by atoms with E-state index in [0.29, 0.717) is 18.0 Å². The molecule has 1 aliphatic heterocycles. The lowest BCUT2D eigenvalue weighted by Gasteiger charge is -2.30. The summed E-state index contributed by atoms with van der Waals surface area (Å²) in [6.45, 7) is 2.48. The van der Waals surface area contributed by atoms with E-state index < -0.39 is 0 Å². The third-order valence-electron chi connectivity index (χ3n) is 5.23. The lowest BCUT2D eigenvalue weighted by molar-refractivity contribution is 0.0915. The molecule has 1 saturated carbocycles. The summed E-state index contributed by atoms with van der Waals surface area (Å²) in [5.41, 5.74) is 6.63. The van der Waals surface area contributed by atoms with E-state index in [1.54, 1.807) is 6.20 Å². The van der Waals surface area contributed by atoms with Crippen LogP contribution in [0, 0.1) is 5.92 Å². The number of carbonyl (C=O) groups excluding carboxylic acids is 1. The van der Waals surface area contributed by atoms with Crippen molar-refractivity contribution in [2.45, 2.75) is 51.0 Å². The van der Waals surface area contributed by atoms with E-state index in [9.17, 15) is 4.79 Å². The van der Waals surface area contributed by atoms with Crippen molar-refractivity contribution in [2.24, 2.45) is 11.7 Å². The highest BCUT2D eigenvalue weighted by molar-refractivity contribution is 5.99. The highest BCUT2D eigenvalue weighted by atomic mass is 35.5. The molecule has 1 aliphatic carbocycles. The van der Waals surface area contributed by atoms with Gasteiger partial charge < -0.3 is 16.0 Å². The first kappa shape index (κ1) is 22.0. The monoisotopic (exact) mass is 388 g/mol. The number of pyridine rings is 1. The molecule has 25 heavy (non-hydrogen) atoms. The highest BCUT2D eigenvalue weighted by Gasteiger charge is 2.26. The zero-order chi connectivity index (χ0) is 16.1. The Hall–Kier alpha value is -1.04. The van der Waals surface area contributed by atoms with E-state index in [-0.39, 0.29) is 36.8 Å². The second kappa shape index (κ2) is 10.8. The number of nitrogens with zero attached hydrogens (tertiary/aromatic N) is 2. The quantitative estimate of drug-likeness (QED) is 0.812. The Morgan fingerprint density at radius 3 is 2.52 bits per heavy atom. The van der Waals surface area contributed by atoms with E-state index in [2.05, 4.69) is 15.2 Å². The van der Waals surface area contributed by atoms with Crippen molar-refractivity contribution in [1.29, 1.82) is 0 Å². The number of nitrogens with one attached hydrogen (secondary N) is 1. The zero-order valence-electron chi connectivity index (χ0n) is 14.7. The number of halogens is 2. The predicted molar refractivity (Wildman–Crippen MR) is 107 cm³/mol. The molecule has 1 atom stereocenters. The Kier molecular flexibility index (Phi) is 9.54. The van der Waals surface area contributed by atoms with E-state index in [1.165, 1.54) is 44.9 Å². The Morgan fingerprint density at radius 2 is 1.88 bits per heavy atom. The second-order valence-corrected chi connectivity index (χ2v) is 6.78. The molecular formula is C18H30Cl2N4O. The van der Waals surface area contributed by atoms with E-state index in [1.807, 2.05) is 12.1 Å². The molecule has 2 fully saturated rings. The lowest BCUT2D eigenvalue weighted by atomic mass is 9.84. The van der Waals surface area contributed by atoms with Crippen LogP contribution in [-0.4, -0.2) is 36.6 Å². The fraction of sp³-hybridized carbons (Fsp3) is 0.667. The molecule has 0 aromatic carbocycles. The molecule has 7 heteroatoms. The Morgan fingerprint density at radius 1 is 1.20 bits per heavy atom. The van der Waals surface area contributed by atoms with Gasteiger partial charge in [0, 0.05) is 31.9 Å². The molecule has 3 N–H and O–H groups in total. The van der Waals surface area contributed by atoms with Gasteiger partial charge >= 0.3 is 0 Å². The Labute approximate surface area is 163 Å². The van der Waals surface area contributed by atoms with Crippen LogP contribution in [0.5, 0.6) is 0 Å². The van der Waals surface area contributed by atoms with Crippen LogP contribution in [0.4, 0.5) is 5.82 Å². The first-order valence-electron chi connectivity index (χ1n) is 9.00. The molecule has 142 valence electrons. The van der Waals surface area contributed by atoms with Crippen molar-refractivity contribution in [3.8, 4) is 0 Å². The van der Waals surface area contributed by atoms with Gasteiger partial charge in [-0.3, -0.25) is 4.79 Å². The average molecular weight is 389 g/mol. The topological polar surface area (TPSA) is 71.2 Å². The zero-order valence-corrected chi connectivity index (χ0v) is 16.3. The van der Waals surface area contributed by atoms with Gasteiger partial charge in [0.05, 0.1) is 5.56 Å². The summed E-state index contributed by atoms with van der Waals surface area (Å²) in [6.07, 6.45) is 10.3. The fourth-order valence-corrected chi connectivity index (χ4v) is 3.91. The number of carbonyl (C=O) groups is 1. The van der Waals surface area contributed by atoms with Gasteiger partial charge in [-0.25, -0.2) is 4.98 Å². The van der Waals surface area contributed by atoms with Crippen LogP contribution in [0.1, 0.15) is 55.3 Å². The molecule has 0 radical (unpaired) electrons. The van der Waals surface area contributed by atoms with Crippen molar-refractivity contribution >= 4 is 36.5 Å². The molecule has 1 aromatic heterocycles. The van der Waals surface area contributed by atoms with Crippen LogP contribution in [0.25, 0.3) is 0 Å². The van der Waals surface area contributed by atoms with Crippen molar-refractivity contribution in [1.82, 2.24) is 10.3 Å². The fourth-order valence-electron chi connectivity index (χ4n) is 3.91. The maximum absolute atomic E-state index is 12.8. The molecule has 3 rings (SSSR count). The molecule has 2 heterocycles. The van der Waals surface area contributed by atoms with Gasteiger partial charge in [0.1, 0.15) is 5.82 Å². The molecular weight excluding hydrogens is 359 g/mol. The van der Waals surface area contributed by atoms with Crippen molar-refractivity contribution in [3.63, 3.8) is 0 Å². The second-order valence-electron chi connectivity index (χ2n) is 6.78. The summed E-state index contributed by atoms with van der Waals surface area (Å²) < 4.78 is 0. The molecule has 2 aliphatic rings. The van der Waals surface area contributed by atoms with Crippen molar-refractivity contribution < 1.29 is 4.79 Å². The molecule has 5 nitrogen and oxygen atoms in total. The van der Waals surface area contributed by atoms with Gasteiger partial charge in [-0.15, -0.1) is 24.8 Å². The van der Waals surface area contributed by atoms with E-state index >= 15 is 0 Å². The summed E-state index contributed by atoms with van der Waals surface area (Å²) in [5.74, 6) is 1.31.